The lowest BCUT2D eigenvalue weighted by molar-refractivity contribution is -0.141. The lowest BCUT2D eigenvalue weighted by Crippen LogP contribution is -2.19. The van der Waals surface area contributed by atoms with E-state index < -0.39 is 23.0 Å². The maximum Gasteiger partial charge on any atom is 0.433 e. The minimum absolute atomic E-state index is 0.182. The molecule has 210 valence electrons. The van der Waals surface area contributed by atoms with Crippen LogP contribution >= 0.6 is 0 Å². The van der Waals surface area contributed by atoms with Gasteiger partial charge in [0.1, 0.15) is 22.5 Å². The Morgan fingerprint density at radius 2 is 1.59 bits per heavy atom. The molecule has 3 N–H and O–H groups in total. The highest BCUT2D eigenvalue weighted by atomic mass is 19.4. The first-order valence-electron chi connectivity index (χ1n) is 12.9. The molecule has 0 radical (unpaired) electrons. The zero-order valence-corrected chi connectivity index (χ0v) is 22.5. The largest absolute Gasteiger partial charge is 0.433 e. The number of aromatic amines is 1. The number of H-pyrrole nitrogens is 1. The van der Waals surface area contributed by atoms with E-state index in [0.29, 0.717) is 35.4 Å². The van der Waals surface area contributed by atoms with Gasteiger partial charge in [-0.2, -0.15) is 13.2 Å². The normalized spacial score (nSPS) is 12.1. The summed E-state index contributed by atoms with van der Waals surface area (Å²) >= 11 is 0. The minimum atomic E-state index is -4.64. The maximum atomic E-state index is 13.6. The molecule has 0 spiro atoms. The van der Waals surface area contributed by atoms with Crippen molar-refractivity contribution in [3.05, 3.63) is 99.9 Å². The van der Waals surface area contributed by atoms with Gasteiger partial charge in [-0.05, 0) is 51.1 Å². The zero-order chi connectivity index (χ0) is 29.4. The van der Waals surface area contributed by atoms with Gasteiger partial charge >= 0.3 is 6.18 Å². The van der Waals surface area contributed by atoms with E-state index in [1.807, 2.05) is 18.2 Å². The molecule has 5 aromatic rings. The van der Waals surface area contributed by atoms with Gasteiger partial charge in [0.25, 0.3) is 5.56 Å². The molecule has 0 amide bonds. The van der Waals surface area contributed by atoms with E-state index in [1.165, 1.54) is 19.1 Å². The van der Waals surface area contributed by atoms with E-state index in [0.717, 1.165) is 11.8 Å². The van der Waals surface area contributed by atoms with Crippen LogP contribution in [-0.2, 0) is 18.2 Å². The molecule has 4 heterocycles. The topological polar surface area (TPSA) is 117 Å². The van der Waals surface area contributed by atoms with E-state index in [9.17, 15) is 23.1 Å². The van der Waals surface area contributed by atoms with Gasteiger partial charge in [-0.15, -0.1) is 0 Å². The van der Waals surface area contributed by atoms with Gasteiger partial charge in [-0.25, -0.2) is 15.0 Å². The van der Waals surface area contributed by atoms with Crippen molar-refractivity contribution in [2.45, 2.75) is 39.0 Å². The summed E-state index contributed by atoms with van der Waals surface area (Å²) in [6, 6.07) is 18.3. The summed E-state index contributed by atoms with van der Waals surface area (Å²) in [7, 11) is 0. The van der Waals surface area contributed by atoms with Crippen LogP contribution < -0.4 is 10.9 Å². The third-order valence-electron chi connectivity index (χ3n) is 6.38. The second kappa shape index (κ2) is 10.7. The summed E-state index contributed by atoms with van der Waals surface area (Å²) < 4.78 is 40.8. The van der Waals surface area contributed by atoms with Gasteiger partial charge in [-0.1, -0.05) is 36.4 Å². The molecule has 0 bridgehead atoms. The Labute approximate surface area is 233 Å². The van der Waals surface area contributed by atoms with E-state index in [-0.39, 0.29) is 28.3 Å². The first-order chi connectivity index (χ1) is 19.4. The fourth-order valence-corrected chi connectivity index (χ4v) is 4.38. The number of fused-ring (bicyclic) bond motifs is 1. The van der Waals surface area contributed by atoms with Crippen LogP contribution in [-0.4, -0.2) is 36.6 Å². The Hall–Kier alpha value is -4.64. The number of aromatic nitrogens is 5. The second-order valence-corrected chi connectivity index (χ2v) is 10.2. The number of benzene rings is 1. The fourth-order valence-electron chi connectivity index (χ4n) is 4.38. The van der Waals surface area contributed by atoms with E-state index >= 15 is 0 Å². The lowest BCUT2D eigenvalue weighted by atomic mass is 10.0. The van der Waals surface area contributed by atoms with Crippen LogP contribution in [0.2, 0.25) is 0 Å². The van der Waals surface area contributed by atoms with Crippen LogP contribution in [0.3, 0.4) is 0 Å². The van der Waals surface area contributed by atoms with Crippen molar-refractivity contribution < 1.29 is 18.3 Å². The monoisotopic (exact) mass is 560 g/mol. The highest BCUT2D eigenvalue weighted by Gasteiger charge is 2.33. The molecule has 0 fully saturated rings. The van der Waals surface area contributed by atoms with Crippen molar-refractivity contribution in [3.8, 4) is 22.5 Å². The van der Waals surface area contributed by atoms with Crippen molar-refractivity contribution in [3.63, 3.8) is 0 Å². The number of halogens is 3. The summed E-state index contributed by atoms with van der Waals surface area (Å²) in [4.78, 5) is 33.1. The summed E-state index contributed by atoms with van der Waals surface area (Å²) in [6.07, 6.45) is -4.16. The molecule has 4 aromatic heterocycles. The second-order valence-electron chi connectivity index (χ2n) is 10.2. The quantitative estimate of drug-likeness (QED) is 0.236. The highest BCUT2D eigenvalue weighted by Crippen LogP contribution is 2.35. The molecule has 0 saturated heterocycles. The first-order valence-corrected chi connectivity index (χ1v) is 12.9. The third kappa shape index (κ3) is 6.25. The zero-order valence-electron chi connectivity index (χ0n) is 22.5. The third-order valence-corrected chi connectivity index (χ3v) is 6.38. The predicted octanol–water partition coefficient (Wildman–Crippen LogP) is 5.65. The van der Waals surface area contributed by atoms with Crippen LogP contribution in [0.4, 0.5) is 18.9 Å². The van der Waals surface area contributed by atoms with E-state index in [1.54, 1.807) is 44.2 Å². The number of pyridine rings is 3. The van der Waals surface area contributed by atoms with Gasteiger partial charge in [0.15, 0.2) is 5.65 Å². The van der Waals surface area contributed by atoms with Crippen molar-refractivity contribution in [2.24, 2.45) is 0 Å². The van der Waals surface area contributed by atoms with E-state index in [2.05, 4.69) is 30.2 Å². The number of alkyl halides is 3. The van der Waals surface area contributed by atoms with Gasteiger partial charge in [-0.3, -0.25) is 9.78 Å². The molecular formula is C30H27F3N6O2. The Bertz CT molecular complexity index is 1780. The molecule has 0 aliphatic rings. The van der Waals surface area contributed by atoms with Crippen LogP contribution in [0, 0.1) is 6.92 Å². The number of aryl methyl sites for hydroxylation is 1. The SMILES string of the molecule is Cc1cc(-c2nc3cc(NCCc4cccc(C(C)(C)O)n4)c(=O)[nH]c3nc2-c2ccccc2)cc(C(F)(F)F)n1. The standard InChI is InChI=1S/C30H27F3N6O2/c1-17-14-19(15-24(35-17)30(31,32)33)26-25(18-8-5-4-6-9-18)38-27-21(37-26)16-22(28(40)39-27)34-13-12-20-10-7-11-23(36-20)29(2,3)41/h4-11,14-16,34,41H,12-13H2,1-3H3,(H,38,39,40). The Balaban J connectivity index is 1.54. The van der Waals surface area contributed by atoms with Crippen LogP contribution in [0.15, 0.2) is 71.5 Å². The van der Waals surface area contributed by atoms with E-state index in [4.69, 9.17) is 0 Å². The molecule has 41 heavy (non-hydrogen) atoms. The molecule has 0 saturated carbocycles. The number of nitrogens with zero attached hydrogens (tertiary/aromatic N) is 4. The lowest BCUT2D eigenvalue weighted by Gasteiger charge is -2.17. The Kier molecular flexibility index (Phi) is 7.31. The molecule has 1 aromatic carbocycles. The molecule has 8 nitrogen and oxygen atoms in total. The summed E-state index contributed by atoms with van der Waals surface area (Å²) in [5.41, 5.74) is 1.03. The van der Waals surface area contributed by atoms with Gasteiger partial charge in [0, 0.05) is 35.5 Å². The smallest absolute Gasteiger partial charge is 0.384 e. The number of hydrogen-bond donors (Lipinski definition) is 3. The molecule has 0 unspecified atom stereocenters. The molecule has 0 aliphatic heterocycles. The number of aliphatic hydroxyl groups is 1. The summed E-state index contributed by atoms with van der Waals surface area (Å²) in [6.45, 7) is 5.15. The summed E-state index contributed by atoms with van der Waals surface area (Å²) in [5, 5.41) is 13.3. The average Bonchev–Trinajstić information content (AvgIpc) is 2.92. The molecular weight excluding hydrogens is 533 g/mol. The highest BCUT2D eigenvalue weighted by molar-refractivity contribution is 5.85. The number of rotatable bonds is 7. The molecule has 0 aliphatic carbocycles. The van der Waals surface area contributed by atoms with Crippen LogP contribution in [0.25, 0.3) is 33.7 Å². The van der Waals surface area contributed by atoms with Crippen molar-refractivity contribution >= 4 is 16.9 Å². The van der Waals surface area contributed by atoms with Gasteiger partial charge in [0.2, 0.25) is 0 Å². The maximum absolute atomic E-state index is 13.6. The van der Waals surface area contributed by atoms with Gasteiger partial charge in [0.05, 0.1) is 17.1 Å². The molecule has 5 rings (SSSR count). The van der Waals surface area contributed by atoms with Crippen molar-refractivity contribution in [1.82, 2.24) is 24.9 Å². The Morgan fingerprint density at radius 3 is 2.29 bits per heavy atom. The minimum Gasteiger partial charge on any atom is -0.384 e. The Morgan fingerprint density at radius 1 is 0.854 bits per heavy atom. The number of nitrogens with one attached hydrogen (secondary N) is 2. The first kappa shape index (κ1) is 27.9. The fraction of sp³-hybridized carbons (Fsp3) is 0.233. The average molecular weight is 561 g/mol. The van der Waals surface area contributed by atoms with Crippen molar-refractivity contribution in [2.75, 3.05) is 11.9 Å². The molecule has 0 atom stereocenters. The van der Waals surface area contributed by atoms with Crippen LogP contribution in [0.5, 0.6) is 0 Å². The molecule has 11 heteroatoms. The number of anilines is 1. The summed E-state index contributed by atoms with van der Waals surface area (Å²) in [5.74, 6) is 0. The number of hydrogen-bond acceptors (Lipinski definition) is 7. The van der Waals surface area contributed by atoms with Gasteiger partial charge < -0.3 is 15.4 Å². The van der Waals surface area contributed by atoms with Crippen molar-refractivity contribution in [1.29, 1.82) is 0 Å². The van der Waals surface area contributed by atoms with Crippen LogP contribution in [0.1, 0.15) is 36.6 Å². The predicted molar refractivity (Wildman–Crippen MR) is 150 cm³/mol.